The molecule has 2 N–H and O–H groups in total. The second kappa shape index (κ2) is 6.36. The first kappa shape index (κ1) is 13.6. The van der Waals surface area contributed by atoms with E-state index in [0.29, 0.717) is 10.6 Å². The van der Waals surface area contributed by atoms with Crippen LogP contribution in [0.2, 0.25) is 5.02 Å². The number of halogens is 1. The molecule has 0 saturated carbocycles. The average molecular weight is 276 g/mol. The molecule has 0 bridgehead atoms. The largest absolute Gasteiger partial charge is 0.394 e. The van der Waals surface area contributed by atoms with E-state index in [2.05, 4.69) is 5.32 Å². The number of nitrogens with one attached hydrogen (secondary N) is 1. The molecule has 2 aromatic carbocycles. The van der Waals surface area contributed by atoms with Gasteiger partial charge < -0.3 is 10.4 Å². The average Bonchev–Trinajstić information content (AvgIpc) is 2.46. The van der Waals surface area contributed by atoms with Crippen molar-refractivity contribution in [1.29, 1.82) is 0 Å². The SMILES string of the molecule is O=C(N[C@@H](CO)c1ccccc1)c1ccc(Cl)cc1. The maximum absolute atomic E-state index is 12.0. The Kier molecular flexibility index (Phi) is 4.55. The van der Waals surface area contributed by atoms with Crippen LogP contribution in [0, 0.1) is 0 Å². The predicted octanol–water partition coefficient (Wildman–Crippen LogP) is 2.80. The quantitative estimate of drug-likeness (QED) is 0.901. The van der Waals surface area contributed by atoms with Crippen molar-refractivity contribution >= 4 is 17.5 Å². The summed E-state index contributed by atoms with van der Waals surface area (Å²) in [6.07, 6.45) is 0. The second-order valence-electron chi connectivity index (χ2n) is 4.13. The maximum Gasteiger partial charge on any atom is 0.251 e. The van der Waals surface area contributed by atoms with E-state index in [-0.39, 0.29) is 12.5 Å². The normalized spacial score (nSPS) is 11.9. The Balaban J connectivity index is 2.10. The summed E-state index contributed by atoms with van der Waals surface area (Å²) < 4.78 is 0. The Bertz CT molecular complexity index is 540. The summed E-state index contributed by atoms with van der Waals surface area (Å²) >= 11 is 5.77. The third-order valence-electron chi connectivity index (χ3n) is 2.80. The van der Waals surface area contributed by atoms with Gasteiger partial charge in [0.25, 0.3) is 5.91 Å². The van der Waals surface area contributed by atoms with Gasteiger partial charge in [-0.1, -0.05) is 41.9 Å². The lowest BCUT2D eigenvalue weighted by Crippen LogP contribution is -2.30. The molecule has 2 rings (SSSR count). The molecule has 1 amide bonds. The van der Waals surface area contributed by atoms with E-state index in [4.69, 9.17) is 11.6 Å². The topological polar surface area (TPSA) is 49.3 Å². The predicted molar refractivity (Wildman–Crippen MR) is 75.2 cm³/mol. The van der Waals surface area contributed by atoms with Crippen LogP contribution in [0.3, 0.4) is 0 Å². The summed E-state index contributed by atoms with van der Waals surface area (Å²) in [5.41, 5.74) is 1.38. The number of hydrogen-bond acceptors (Lipinski definition) is 2. The molecular formula is C15H14ClNO2. The van der Waals surface area contributed by atoms with Crippen molar-refractivity contribution in [2.75, 3.05) is 6.61 Å². The van der Waals surface area contributed by atoms with E-state index in [1.165, 1.54) is 0 Å². The summed E-state index contributed by atoms with van der Waals surface area (Å²) in [4.78, 5) is 12.0. The number of hydrogen-bond donors (Lipinski definition) is 2. The molecule has 0 aromatic heterocycles. The first-order valence-electron chi connectivity index (χ1n) is 5.93. The van der Waals surface area contributed by atoms with Crippen LogP contribution in [0.4, 0.5) is 0 Å². The van der Waals surface area contributed by atoms with E-state index < -0.39 is 6.04 Å². The number of benzene rings is 2. The fourth-order valence-corrected chi connectivity index (χ4v) is 1.89. The second-order valence-corrected chi connectivity index (χ2v) is 4.56. The molecule has 0 heterocycles. The minimum atomic E-state index is -0.413. The van der Waals surface area contributed by atoms with Gasteiger partial charge in [-0.15, -0.1) is 0 Å². The van der Waals surface area contributed by atoms with E-state index in [9.17, 15) is 9.90 Å². The summed E-state index contributed by atoms with van der Waals surface area (Å²) in [5.74, 6) is -0.237. The smallest absolute Gasteiger partial charge is 0.251 e. The fraction of sp³-hybridized carbons (Fsp3) is 0.133. The lowest BCUT2D eigenvalue weighted by Gasteiger charge is -2.16. The van der Waals surface area contributed by atoms with Gasteiger partial charge in [0.05, 0.1) is 12.6 Å². The van der Waals surface area contributed by atoms with Crippen LogP contribution in [-0.4, -0.2) is 17.6 Å². The van der Waals surface area contributed by atoms with Crippen LogP contribution in [0.1, 0.15) is 22.0 Å². The van der Waals surface area contributed by atoms with Gasteiger partial charge in [-0.2, -0.15) is 0 Å². The molecule has 98 valence electrons. The van der Waals surface area contributed by atoms with Crippen LogP contribution in [0.25, 0.3) is 0 Å². The highest BCUT2D eigenvalue weighted by Gasteiger charge is 2.14. The van der Waals surface area contributed by atoms with Gasteiger partial charge in [-0.05, 0) is 29.8 Å². The molecule has 0 aliphatic rings. The third kappa shape index (κ3) is 3.56. The summed E-state index contributed by atoms with van der Waals surface area (Å²) in [5, 5.41) is 12.8. The Morgan fingerprint density at radius 2 is 1.74 bits per heavy atom. The number of rotatable bonds is 4. The van der Waals surface area contributed by atoms with Crippen LogP contribution in [0.15, 0.2) is 54.6 Å². The molecule has 0 unspecified atom stereocenters. The lowest BCUT2D eigenvalue weighted by molar-refractivity contribution is 0.0916. The fourth-order valence-electron chi connectivity index (χ4n) is 1.76. The summed E-state index contributed by atoms with van der Waals surface area (Å²) in [7, 11) is 0. The van der Waals surface area contributed by atoms with Crippen LogP contribution in [0.5, 0.6) is 0 Å². The minimum Gasteiger partial charge on any atom is -0.394 e. The standard InChI is InChI=1S/C15H14ClNO2/c16-13-8-6-12(7-9-13)15(19)17-14(10-18)11-4-2-1-3-5-11/h1-9,14,18H,10H2,(H,17,19)/t14-/m0/s1. The summed E-state index contributed by atoms with van der Waals surface area (Å²) in [6.45, 7) is -0.149. The molecule has 1 atom stereocenters. The van der Waals surface area contributed by atoms with E-state index in [1.54, 1.807) is 24.3 Å². The zero-order chi connectivity index (χ0) is 13.7. The van der Waals surface area contributed by atoms with Crippen LogP contribution >= 0.6 is 11.6 Å². The van der Waals surface area contributed by atoms with Crippen molar-refractivity contribution in [3.05, 3.63) is 70.7 Å². The van der Waals surface area contributed by atoms with Crippen molar-refractivity contribution in [1.82, 2.24) is 5.32 Å². The molecule has 19 heavy (non-hydrogen) atoms. The molecule has 2 aromatic rings. The minimum absolute atomic E-state index is 0.149. The first-order chi connectivity index (χ1) is 9.20. The van der Waals surface area contributed by atoms with Crippen LogP contribution < -0.4 is 5.32 Å². The van der Waals surface area contributed by atoms with Crippen molar-refractivity contribution in [3.8, 4) is 0 Å². The molecular weight excluding hydrogens is 262 g/mol. The van der Waals surface area contributed by atoms with Gasteiger partial charge in [-0.3, -0.25) is 4.79 Å². The number of aliphatic hydroxyl groups is 1. The van der Waals surface area contributed by atoms with Gasteiger partial charge in [0.15, 0.2) is 0 Å². The van der Waals surface area contributed by atoms with Crippen molar-refractivity contribution in [2.24, 2.45) is 0 Å². The Hall–Kier alpha value is -1.84. The molecule has 0 spiro atoms. The monoisotopic (exact) mass is 275 g/mol. The highest BCUT2D eigenvalue weighted by molar-refractivity contribution is 6.30. The van der Waals surface area contributed by atoms with E-state index in [1.807, 2.05) is 30.3 Å². The lowest BCUT2D eigenvalue weighted by atomic mass is 10.1. The van der Waals surface area contributed by atoms with Crippen LogP contribution in [-0.2, 0) is 0 Å². The van der Waals surface area contributed by atoms with Gasteiger partial charge in [0.2, 0.25) is 0 Å². The molecule has 0 aliphatic carbocycles. The zero-order valence-corrected chi connectivity index (χ0v) is 11.0. The first-order valence-corrected chi connectivity index (χ1v) is 6.30. The van der Waals surface area contributed by atoms with Crippen molar-refractivity contribution in [3.63, 3.8) is 0 Å². The number of aliphatic hydroxyl groups excluding tert-OH is 1. The van der Waals surface area contributed by atoms with Gasteiger partial charge in [0, 0.05) is 10.6 Å². The Morgan fingerprint density at radius 3 is 2.32 bits per heavy atom. The van der Waals surface area contributed by atoms with E-state index >= 15 is 0 Å². The summed E-state index contributed by atoms with van der Waals surface area (Å²) in [6, 6.07) is 15.6. The van der Waals surface area contributed by atoms with Gasteiger partial charge >= 0.3 is 0 Å². The Morgan fingerprint density at radius 1 is 1.11 bits per heavy atom. The van der Waals surface area contributed by atoms with Gasteiger partial charge in [-0.25, -0.2) is 0 Å². The molecule has 0 radical (unpaired) electrons. The van der Waals surface area contributed by atoms with Crippen molar-refractivity contribution < 1.29 is 9.90 Å². The molecule has 0 saturated heterocycles. The molecule has 4 heteroatoms. The molecule has 0 aliphatic heterocycles. The highest BCUT2D eigenvalue weighted by Crippen LogP contribution is 2.14. The number of carbonyl (C=O) groups excluding carboxylic acids is 1. The number of amides is 1. The molecule has 3 nitrogen and oxygen atoms in total. The zero-order valence-electron chi connectivity index (χ0n) is 10.2. The number of carbonyl (C=O) groups is 1. The highest BCUT2D eigenvalue weighted by atomic mass is 35.5. The third-order valence-corrected chi connectivity index (χ3v) is 3.05. The molecule has 0 fully saturated rings. The maximum atomic E-state index is 12.0. The van der Waals surface area contributed by atoms with E-state index in [0.717, 1.165) is 5.56 Å². The van der Waals surface area contributed by atoms with Crippen molar-refractivity contribution in [2.45, 2.75) is 6.04 Å². The van der Waals surface area contributed by atoms with Gasteiger partial charge in [0.1, 0.15) is 0 Å². The Labute approximate surface area is 116 Å².